The zero-order valence-corrected chi connectivity index (χ0v) is 18.5. The largest absolute Gasteiger partial charge is 0.345 e. The number of hydrogen-bond donors (Lipinski definition) is 1. The number of halogens is 1. The molecule has 0 bridgehead atoms. The van der Waals surface area contributed by atoms with Crippen LogP contribution in [0.4, 0.5) is 5.69 Å². The van der Waals surface area contributed by atoms with Crippen LogP contribution in [0.1, 0.15) is 28.9 Å². The number of carbonyl (C=O) groups is 1. The van der Waals surface area contributed by atoms with Crippen LogP contribution in [0.15, 0.2) is 90.6 Å². The summed E-state index contributed by atoms with van der Waals surface area (Å²) in [6.45, 7) is 5.53. The SMILES string of the molecule is C=CCN(c1ccccc1)S(=O)(=O)c1cc(C(=O)NC(C)c2cccnc2)ccc1Cl. The van der Waals surface area contributed by atoms with Crippen molar-refractivity contribution in [1.29, 1.82) is 0 Å². The number of amides is 1. The molecular formula is C23H22ClN3O3S. The maximum Gasteiger partial charge on any atom is 0.266 e. The summed E-state index contributed by atoms with van der Waals surface area (Å²) in [5, 5.41) is 2.88. The van der Waals surface area contributed by atoms with Crippen LogP contribution in [0.25, 0.3) is 0 Å². The Kier molecular flexibility index (Phi) is 7.09. The average Bonchev–Trinajstić information content (AvgIpc) is 2.78. The monoisotopic (exact) mass is 455 g/mol. The average molecular weight is 456 g/mol. The van der Waals surface area contributed by atoms with E-state index in [1.165, 1.54) is 28.6 Å². The van der Waals surface area contributed by atoms with Gasteiger partial charge >= 0.3 is 0 Å². The second kappa shape index (κ2) is 9.76. The van der Waals surface area contributed by atoms with Crippen LogP contribution in [0, 0.1) is 0 Å². The maximum absolute atomic E-state index is 13.4. The third-order valence-corrected chi connectivity index (χ3v) is 6.91. The Balaban J connectivity index is 1.94. The maximum atomic E-state index is 13.4. The van der Waals surface area contributed by atoms with E-state index in [1.807, 2.05) is 13.0 Å². The Morgan fingerprint density at radius 1 is 1.19 bits per heavy atom. The Hall–Kier alpha value is -3.16. The number of sulfonamides is 1. The number of benzene rings is 2. The van der Waals surface area contributed by atoms with Crippen molar-refractivity contribution < 1.29 is 13.2 Å². The normalized spacial score (nSPS) is 12.1. The lowest BCUT2D eigenvalue weighted by Gasteiger charge is -2.24. The number of para-hydroxylation sites is 1. The van der Waals surface area contributed by atoms with Gasteiger partial charge in [-0.05, 0) is 48.9 Å². The van der Waals surface area contributed by atoms with Gasteiger partial charge in [0.1, 0.15) is 4.90 Å². The first kappa shape index (κ1) is 22.5. The van der Waals surface area contributed by atoms with Crippen LogP contribution in [-0.4, -0.2) is 25.9 Å². The molecule has 8 heteroatoms. The van der Waals surface area contributed by atoms with Gasteiger partial charge in [-0.2, -0.15) is 0 Å². The molecule has 0 aliphatic heterocycles. The lowest BCUT2D eigenvalue weighted by molar-refractivity contribution is 0.0939. The number of rotatable bonds is 8. The van der Waals surface area contributed by atoms with E-state index in [9.17, 15) is 13.2 Å². The summed E-state index contributed by atoms with van der Waals surface area (Å²) in [5.41, 5.74) is 1.49. The van der Waals surface area contributed by atoms with E-state index in [0.717, 1.165) is 5.56 Å². The number of hydrogen-bond acceptors (Lipinski definition) is 4. The Labute approximate surface area is 187 Å². The van der Waals surface area contributed by atoms with Gasteiger partial charge in [-0.15, -0.1) is 6.58 Å². The Morgan fingerprint density at radius 3 is 2.58 bits per heavy atom. The van der Waals surface area contributed by atoms with Gasteiger partial charge in [-0.1, -0.05) is 41.9 Å². The molecule has 0 saturated heterocycles. The highest BCUT2D eigenvalue weighted by molar-refractivity contribution is 7.93. The van der Waals surface area contributed by atoms with E-state index in [0.29, 0.717) is 5.69 Å². The van der Waals surface area contributed by atoms with Gasteiger partial charge < -0.3 is 5.32 Å². The first-order valence-electron chi connectivity index (χ1n) is 9.53. The van der Waals surface area contributed by atoms with Crippen LogP contribution >= 0.6 is 11.6 Å². The van der Waals surface area contributed by atoms with Crippen molar-refractivity contribution in [1.82, 2.24) is 10.3 Å². The molecule has 1 N–H and O–H groups in total. The Bertz CT molecular complexity index is 1170. The highest BCUT2D eigenvalue weighted by atomic mass is 35.5. The van der Waals surface area contributed by atoms with Crippen LogP contribution < -0.4 is 9.62 Å². The third-order valence-electron chi connectivity index (χ3n) is 4.63. The highest BCUT2D eigenvalue weighted by Gasteiger charge is 2.27. The molecule has 0 aliphatic rings. The number of nitrogens with one attached hydrogen (secondary N) is 1. The van der Waals surface area contributed by atoms with E-state index >= 15 is 0 Å². The molecule has 1 aromatic heterocycles. The predicted octanol–water partition coefficient (Wildman–Crippen LogP) is 4.61. The standard InChI is InChI=1S/C23H22ClN3O3S/c1-3-14-27(20-9-5-4-6-10-20)31(29,30)22-15-18(11-12-21(22)24)23(28)26-17(2)19-8-7-13-25-16-19/h3-13,15-17H,1,14H2,2H3,(H,26,28). The smallest absolute Gasteiger partial charge is 0.266 e. The van der Waals surface area contributed by atoms with E-state index in [-0.39, 0.29) is 28.1 Å². The van der Waals surface area contributed by atoms with Gasteiger partial charge in [-0.25, -0.2) is 8.42 Å². The highest BCUT2D eigenvalue weighted by Crippen LogP contribution is 2.29. The minimum Gasteiger partial charge on any atom is -0.345 e. The lowest BCUT2D eigenvalue weighted by atomic mass is 10.1. The molecule has 2 aromatic carbocycles. The van der Waals surface area contributed by atoms with E-state index in [4.69, 9.17) is 11.6 Å². The fourth-order valence-electron chi connectivity index (χ4n) is 3.01. The fourth-order valence-corrected chi connectivity index (χ4v) is 4.95. The molecule has 1 heterocycles. The van der Waals surface area contributed by atoms with Gasteiger partial charge in [0, 0.05) is 18.0 Å². The summed E-state index contributed by atoms with van der Waals surface area (Å²) >= 11 is 6.25. The van der Waals surface area contributed by atoms with Crippen molar-refractivity contribution in [2.24, 2.45) is 0 Å². The molecule has 31 heavy (non-hydrogen) atoms. The van der Waals surface area contributed by atoms with Gasteiger partial charge in [0.2, 0.25) is 0 Å². The van der Waals surface area contributed by atoms with E-state index in [2.05, 4.69) is 16.9 Å². The van der Waals surface area contributed by atoms with Gasteiger partial charge in [0.05, 0.1) is 23.3 Å². The van der Waals surface area contributed by atoms with Crippen molar-refractivity contribution in [3.8, 4) is 0 Å². The summed E-state index contributed by atoms with van der Waals surface area (Å²) < 4.78 is 28.0. The molecule has 6 nitrogen and oxygen atoms in total. The van der Waals surface area contributed by atoms with Crippen molar-refractivity contribution in [3.05, 3.63) is 102 Å². The molecule has 0 spiro atoms. The number of anilines is 1. The molecule has 0 fully saturated rings. The Morgan fingerprint density at radius 2 is 1.94 bits per heavy atom. The zero-order valence-electron chi connectivity index (χ0n) is 16.9. The number of nitrogens with zero attached hydrogens (tertiary/aromatic N) is 2. The van der Waals surface area contributed by atoms with E-state index in [1.54, 1.807) is 48.8 Å². The van der Waals surface area contributed by atoms with Gasteiger partial charge in [0.15, 0.2) is 0 Å². The summed E-state index contributed by atoms with van der Waals surface area (Å²) in [4.78, 5) is 16.7. The second-order valence-corrected chi connectivity index (χ2v) is 9.03. The topological polar surface area (TPSA) is 79.4 Å². The molecule has 3 rings (SSSR count). The molecule has 1 unspecified atom stereocenters. The van der Waals surface area contributed by atoms with Crippen LogP contribution in [0.3, 0.4) is 0 Å². The molecular weight excluding hydrogens is 434 g/mol. The summed E-state index contributed by atoms with van der Waals surface area (Å²) in [6, 6.07) is 16.2. The third kappa shape index (κ3) is 5.13. The quantitative estimate of drug-likeness (QED) is 0.503. The van der Waals surface area contributed by atoms with Gasteiger partial charge in [0.25, 0.3) is 15.9 Å². The summed E-state index contributed by atoms with van der Waals surface area (Å²) in [5.74, 6) is -0.417. The van der Waals surface area contributed by atoms with Crippen molar-refractivity contribution in [2.45, 2.75) is 17.9 Å². The van der Waals surface area contributed by atoms with E-state index < -0.39 is 15.9 Å². The number of carbonyl (C=O) groups excluding carboxylic acids is 1. The number of pyridine rings is 1. The molecule has 1 amide bonds. The van der Waals surface area contributed by atoms with Crippen LogP contribution in [0.2, 0.25) is 5.02 Å². The first-order valence-corrected chi connectivity index (χ1v) is 11.4. The molecule has 3 aromatic rings. The molecule has 0 saturated carbocycles. The molecule has 0 aliphatic carbocycles. The molecule has 160 valence electrons. The zero-order chi connectivity index (χ0) is 22.4. The van der Waals surface area contributed by atoms with Crippen LogP contribution in [0.5, 0.6) is 0 Å². The summed E-state index contributed by atoms with van der Waals surface area (Å²) in [6.07, 6.45) is 4.80. The minimum atomic E-state index is -4.04. The first-order chi connectivity index (χ1) is 14.8. The van der Waals surface area contributed by atoms with Gasteiger partial charge in [-0.3, -0.25) is 14.1 Å². The predicted molar refractivity (Wildman–Crippen MR) is 123 cm³/mol. The molecule has 1 atom stereocenters. The summed E-state index contributed by atoms with van der Waals surface area (Å²) in [7, 11) is -4.04. The van der Waals surface area contributed by atoms with Crippen molar-refractivity contribution >= 4 is 33.2 Å². The fraction of sp³-hybridized carbons (Fsp3) is 0.130. The lowest BCUT2D eigenvalue weighted by Crippen LogP contribution is -2.32. The molecule has 0 radical (unpaired) electrons. The second-order valence-electron chi connectivity index (χ2n) is 6.79. The minimum absolute atomic E-state index is 0.0295. The number of aromatic nitrogens is 1. The van der Waals surface area contributed by atoms with Crippen molar-refractivity contribution in [2.75, 3.05) is 10.8 Å². The van der Waals surface area contributed by atoms with Crippen LogP contribution in [-0.2, 0) is 10.0 Å². The van der Waals surface area contributed by atoms with Crippen molar-refractivity contribution in [3.63, 3.8) is 0 Å².